The van der Waals surface area contributed by atoms with Crippen molar-refractivity contribution in [3.63, 3.8) is 0 Å². The molecule has 1 fully saturated rings. The standard InChI is InChI=1S/C15H22FN3O/c1-12-10-18(2)7-8-19(12)11-15(20)17-9-13-5-3-4-6-14(13)16/h3-6,12H,7-11H2,1-2H3,(H,17,20). The number of nitrogens with one attached hydrogen (secondary N) is 1. The maximum atomic E-state index is 13.4. The molecule has 1 saturated heterocycles. The summed E-state index contributed by atoms with van der Waals surface area (Å²) in [5.41, 5.74) is 0.521. The molecule has 5 heteroatoms. The van der Waals surface area contributed by atoms with Crippen molar-refractivity contribution in [1.29, 1.82) is 0 Å². The van der Waals surface area contributed by atoms with Crippen molar-refractivity contribution in [2.75, 3.05) is 33.2 Å². The quantitative estimate of drug-likeness (QED) is 0.896. The minimum absolute atomic E-state index is 0.0512. The Morgan fingerprint density at radius 2 is 2.15 bits per heavy atom. The van der Waals surface area contributed by atoms with E-state index in [1.165, 1.54) is 6.07 Å². The Morgan fingerprint density at radius 1 is 1.40 bits per heavy atom. The average molecular weight is 279 g/mol. The van der Waals surface area contributed by atoms with E-state index in [0.29, 0.717) is 18.2 Å². The Balaban J connectivity index is 1.80. The van der Waals surface area contributed by atoms with Crippen LogP contribution in [0.25, 0.3) is 0 Å². The van der Waals surface area contributed by atoms with E-state index in [-0.39, 0.29) is 18.3 Å². The summed E-state index contributed by atoms with van der Waals surface area (Å²) in [4.78, 5) is 16.4. The van der Waals surface area contributed by atoms with E-state index in [4.69, 9.17) is 0 Å². The smallest absolute Gasteiger partial charge is 0.234 e. The molecule has 0 bridgehead atoms. The highest BCUT2D eigenvalue weighted by Crippen LogP contribution is 2.08. The van der Waals surface area contributed by atoms with Gasteiger partial charge in [-0.2, -0.15) is 0 Å². The summed E-state index contributed by atoms with van der Waals surface area (Å²) < 4.78 is 13.4. The number of hydrogen-bond acceptors (Lipinski definition) is 3. The molecular weight excluding hydrogens is 257 g/mol. The Hall–Kier alpha value is -1.46. The number of nitrogens with zero attached hydrogens (tertiary/aromatic N) is 2. The molecule has 20 heavy (non-hydrogen) atoms. The molecule has 0 spiro atoms. The molecule has 1 atom stereocenters. The van der Waals surface area contributed by atoms with Crippen LogP contribution in [0.4, 0.5) is 4.39 Å². The molecule has 2 rings (SSSR count). The van der Waals surface area contributed by atoms with Crippen LogP contribution in [0, 0.1) is 5.82 Å². The van der Waals surface area contributed by atoms with Crippen LogP contribution < -0.4 is 5.32 Å². The van der Waals surface area contributed by atoms with Gasteiger partial charge in [-0.05, 0) is 20.0 Å². The summed E-state index contributed by atoms with van der Waals surface area (Å²) in [7, 11) is 2.09. The minimum Gasteiger partial charge on any atom is -0.351 e. The van der Waals surface area contributed by atoms with Gasteiger partial charge in [0.2, 0.25) is 5.91 Å². The lowest BCUT2D eigenvalue weighted by Gasteiger charge is -2.37. The molecule has 1 aliphatic rings. The van der Waals surface area contributed by atoms with Crippen LogP contribution >= 0.6 is 0 Å². The fraction of sp³-hybridized carbons (Fsp3) is 0.533. The van der Waals surface area contributed by atoms with Crippen LogP contribution in [-0.2, 0) is 11.3 Å². The summed E-state index contributed by atoms with van der Waals surface area (Å²) in [6, 6.07) is 6.88. The van der Waals surface area contributed by atoms with Crippen molar-refractivity contribution >= 4 is 5.91 Å². The second kappa shape index (κ2) is 6.81. The summed E-state index contributed by atoms with van der Waals surface area (Å²) in [6.07, 6.45) is 0. The zero-order valence-corrected chi connectivity index (χ0v) is 12.1. The predicted molar refractivity (Wildman–Crippen MR) is 76.8 cm³/mol. The van der Waals surface area contributed by atoms with E-state index in [2.05, 4.69) is 29.1 Å². The molecule has 4 nitrogen and oxygen atoms in total. The molecule has 1 aromatic rings. The van der Waals surface area contributed by atoms with Crippen molar-refractivity contribution in [2.24, 2.45) is 0 Å². The molecule has 1 unspecified atom stereocenters. The Kier molecular flexibility index (Phi) is 5.09. The van der Waals surface area contributed by atoms with E-state index in [0.717, 1.165) is 19.6 Å². The van der Waals surface area contributed by atoms with Gasteiger partial charge in [-0.1, -0.05) is 18.2 Å². The molecule has 1 aromatic carbocycles. The van der Waals surface area contributed by atoms with Crippen LogP contribution in [0.1, 0.15) is 12.5 Å². The minimum atomic E-state index is -0.277. The van der Waals surface area contributed by atoms with Crippen molar-refractivity contribution in [2.45, 2.75) is 19.5 Å². The number of hydrogen-bond donors (Lipinski definition) is 1. The fourth-order valence-electron chi connectivity index (χ4n) is 2.49. The molecule has 0 aromatic heterocycles. The monoisotopic (exact) mass is 279 g/mol. The van der Waals surface area contributed by atoms with Gasteiger partial charge >= 0.3 is 0 Å². The number of amides is 1. The summed E-state index contributed by atoms with van der Waals surface area (Å²) >= 11 is 0. The largest absolute Gasteiger partial charge is 0.351 e. The van der Waals surface area contributed by atoms with Crippen molar-refractivity contribution in [1.82, 2.24) is 15.1 Å². The first-order chi connectivity index (χ1) is 9.56. The van der Waals surface area contributed by atoms with Crippen LogP contribution in [0.15, 0.2) is 24.3 Å². The first-order valence-corrected chi connectivity index (χ1v) is 6.99. The van der Waals surface area contributed by atoms with Crippen molar-refractivity contribution < 1.29 is 9.18 Å². The maximum Gasteiger partial charge on any atom is 0.234 e. The lowest BCUT2D eigenvalue weighted by atomic mass is 10.2. The molecule has 1 N–H and O–H groups in total. The van der Waals surface area contributed by atoms with Gasteiger partial charge in [0.05, 0.1) is 6.54 Å². The van der Waals surface area contributed by atoms with Gasteiger partial charge in [0.25, 0.3) is 0 Å². The van der Waals surface area contributed by atoms with Crippen molar-refractivity contribution in [3.8, 4) is 0 Å². The third-order valence-electron chi connectivity index (χ3n) is 3.75. The average Bonchev–Trinajstić information content (AvgIpc) is 2.41. The summed E-state index contributed by atoms with van der Waals surface area (Å²) in [5.74, 6) is -0.328. The number of rotatable bonds is 4. The second-order valence-corrected chi connectivity index (χ2v) is 5.45. The number of piperazine rings is 1. The number of carbonyl (C=O) groups excluding carboxylic acids is 1. The summed E-state index contributed by atoms with van der Waals surface area (Å²) in [5, 5.41) is 2.78. The highest BCUT2D eigenvalue weighted by Gasteiger charge is 2.23. The van der Waals surface area contributed by atoms with Gasteiger partial charge in [-0.25, -0.2) is 4.39 Å². The van der Waals surface area contributed by atoms with E-state index >= 15 is 0 Å². The van der Waals surface area contributed by atoms with Gasteiger partial charge < -0.3 is 10.2 Å². The van der Waals surface area contributed by atoms with Gasteiger partial charge in [-0.3, -0.25) is 9.69 Å². The Labute approximate surface area is 119 Å². The van der Waals surface area contributed by atoms with Gasteiger partial charge in [0.15, 0.2) is 0 Å². The normalized spacial score (nSPS) is 20.9. The lowest BCUT2D eigenvalue weighted by molar-refractivity contribution is -0.123. The highest BCUT2D eigenvalue weighted by atomic mass is 19.1. The first kappa shape index (κ1) is 14.9. The topological polar surface area (TPSA) is 35.6 Å². The molecule has 1 aliphatic heterocycles. The van der Waals surface area contributed by atoms with Crippen LogP contribution in [0.2, 0.25) is 0 Å². The molecule has 0 saturated carbocycles. The zero-order valence-electron chi connectivity index (χ0n) is 12.1. The molecule has 1 amide bonds. The SMILES string of the molecule is CC1CN(C)CCN1CC(=O)NCc1ccccc1F. The lowest BCUT2D eigenvalue weighted by Crippen LogP contribution is -2.53. The zero-order chi connectivity index (χ0) is 14.5. The molecule has 0 aliphatic carbocycles. The first-order valence-electron chi connectivity index (χ1n) is 6.99. The van der Waals surface area contributed by atoms with E-state index in [9.17, 15) is 9.18 Å². The van der Waals surface area contributed by atoms with Crippen molar-refractivity contribution in [3.05, 3.63) is 35.6 Å². The molecule has 0 radical (unpaired) electrons. The Morgan fingerprint density at radius 3 is 2.85 bits per heavy atom. The van der Waals surface area contributed by atoms with Crippen LogP contribution in [0.3, 0.4) is 0 Å². The molecule has 110 valence electrons. The number of benzene rings is 1. The van der Waals surface area contributed by atoms with Crippen LogP contribution in [-0.4, -0.2) is 55.0 Å². The number of carbonyl (C=O) groups is 1. The molecule has 1 heterocycles. The summed E-state index contributed by atoms with van der Waals surface area (Å²) in [6.45, 7) is 5.59. The van der Waals surface area contributed by atoms with E-state index < -0.39 is 0 Å². The molecular formula is C15H22FN3O. The fourth-order valence-corrected chi connectivity index (χ4v) is 2.49. The highest BCUT2D eigenvalue weighted by molar-refractivity contribution is 5.78. The predicted octanol–water partition coefficient (Wildman–Crippen LogP) is 1.08. The number of halogens is 1. The number of likely N-dealkylation sites (N-methyl/N-ethyl adjacent to an activating group) is 1. The van der Waals surface area contributed by atoms with E-state index in [1.54, 1.807) is 18.2 Å². The van der Waals surface area contributed by atoms with Crippen LogP contribution in [0.5, 0.6) is 0 Å². The third-order valence-corrected chi connectivity index (χ3v) is 3.75. The van der Waals surface area contributed by atoms with Gasteiger partial charge in [0, 0.05) is 37.8 Å². The second-order valence-electron chi connectivity index (χ2n) is 5.45. The van der Waals surface area contributed by atoms with Gasteiger partial charge in [0.1, 0.15) is 5.82 Å². The maximum absolute atomic E-state index is 13.4. The van der Waals surface area contributed by atoms with E-state index in [1.807, 2.05) is 0 Å². The third kappa shape index (κ3) is 4.02. The Bertz CT molecular complexity index is 466. The van der Waals surface area contributed by atoms with Gasteiger partial charge in [-0.15, -0.1) is 0 Å².